The van der Waals surface area contributed by atoms with Crippen molar-refractivity contribution >= 4 is 11.6 Å². The third kappa shape index (κ3) is 5.52. The molecule has 2 fully saturated rings. The zero-order chi connectivity index (χ0) is 25.9. The maximum atomic E-state index is 13.4. The highest BCUT2D eigenvalue weighted by molar-refractivity contribution is 5.97. The molecular formula is C30H39FN4O2. The van der Waals surface area contributed by atoms with Crippen molar-refractivity contribution < 1.29 is 9.18 Å². The lowest BCUT2D eigenvalue weighted by Gasteiger charge is -2.46. The molecule has 1 aromatic carbocycles. The molecule has 6 nitrogen and oxygen atoms in total. The predicted octanol–water partition coefficient (Wildman–Crippen LogP) is 4.45. The summed E-state index contributed by atoms with van der Waals surface area (Å²) < 4.78 is 13.4. The lowest BCUT2D eigenvalue weighted by molar-refractivity contribution is 0.0120. The number of anilines is 1. The van der Waals surface area contributed by atoms with Gasteiger partial charge in [0.1, 0.15) is 6.17 Å². The number of aryl methyl sites for hydroxylation is 2. The van der Waals surface area contributed by atoms with Gasteiger partial charge in [-0.15, -0.1) is 0 Å². The van der Waals surface area contributed by atoms with Crippen molar-refractivity contribution in [1.82, 2.24) is 15.2 Å². The number of allylic oxidation sites excluding steroid dienone is 2. The zero-order valence-corrected chi connectivity index (χ0v) is 22.1. The number of aromatic amines is 1. The molecule has 2 aliphatic heterocycles. The van der Waals surface area contributed by atoms with Crippen LogP contribution in [0.3, 0.4) is 0 Å². The SMILES string of the molecule is CCN(c1cccc2c1C/C=C/CCc1cc(C)[nH]c(=O)c1CNC2=O)C1CCC(N2CC(F)C2)CC1. The highest BCUT2D eigenvalue weighted by Crippen LogP contribution is 2.34. The smallest absolute Gasteiger partial charge is 0.253 e. The van der Waals surface area contributed by atoms with Crippen LogP contribution in [0.25, 0.3) is 0 Å². The number of halogens is 1. The fourth-order valence-electron chi connectivity index (χ4n) is 6.41. The second-order valence-electron chi connectivity index (χ2n) is 10.8. The van der Waals surface area contributed by atoms with E-state index in [4.69, 9.17) is 0 Å². The van der Waals surface area contributed by atoms with Gasteiger partial charge in [-0.2, -0.15) is 0 Å². The third-order valence-corrected chi connectivity index (χ3v) is 8.39. The van der Waals surface area contributed by atoms with Crippen molar-refractivity contribution in [2.45, 2.75) is 83.6 Å². The Morgan fingerprint density at radius 2 is 1.86 bits per heavy atom. The first-order valence-corrected chi connectivity index (χ1v) is 13.9. The van der Waals surface area contributed by atoms with Crippen LogP contribution in [-0.4, -0.2) is 53.7 Å². The molecule has 1 saturated carbocycles. The standard InChI is InChI=1S/C30H39FN4O2/c1-3-35(24-14-12-23(13-15-24)34-18-22(31)19-34)28-11-7-10-26-25(28)9-6-4-5-8-21-16-20(2)33-30(37)27(21)17-32-29(26)36/h4,6-7,10-11,16,22-24H,3,5,8-9,12-15,17-19H2,1-2H3,(H,32,36)(H,33,37)/b6-4+. The first-order valence-electron chi connectivity index (χ1n) is 13.9. The van der Waals surface area contributed by atoms with E-state index in [1.807, 2.05) is 25.1 Å². The van der Waals surface area contributed by atoms with Gasteiger partial charge in [0.15, 0.2) is 0 Å². The molecule has 0 radical (unpaired) electrons. The molecule has 5 rings (SSSR count). The maximum absolute atomic E-state index is 13.4. The van der Waals surface area contributed by atoms with Crippen LogP contribution in [0.4, 0.5) is 10.1 Å². The molecule has 1 amide bonds. The Kier molecular flexibility index (Phi) is 7.79. The van der Waals surface area contributed by atoms with Crippen molar-refractivity contribution in [2.24, 2.45) is 0 Å². The van der Waals surface area contributed by atoms with Gasteiger partial charge in [-0.25, -0.2) is 4.39 Å². The largest absolute Gasteiger partial charge is 0.369 e. The van der Waals surface area contributed by atoms with Gasteiger partial charge in [-0.3, -0.25) is 14.5 Å². The van der Waals surface area contributed by atoms with E-state index in [9.17, 15) is 14.0 Å². The first-order chi connectivity index (χ1) is 17.9. The Balaban J connectivity index is 1.39. The molecule has 7 heteroatoms. The summed E-state index contributed by atoms with van der Waals surface area (Å²) in [6, 6.07) is 8.95. The summed E-state index contributed by atoms with van der Waals surface area (Å²) in [7, 11) is 0. The highest BCUT2D eigenvalue weighted by atomic mass is 19.1. The summed E-state index contributed by atoms with van der Waals surface area (Å²) in [6.45, 7) is 6.35. The molecule has 0 atom stereocenters. The number of benzene rings is 1. The van der Waals surface area contributed by atoms with Gasteiger partial charge in [-0.05, 0) is 88.1 Å². The fourth-order valence-corrected chi connectivity index (χ4v) is 6.41. The molecule has 2 aromatic rings. The number of nitrogens with zero attached hydrogens (tertiary/aromatic N) is 2. The Morgan fingerprint density at radius 3 is 2.59 bits per heavy atom. The number of aromatic nitrogens is 1. The van der Waals surface area contributed by atoms with Gasteiger partial charge in [-0.1, -0.05) is 18.2 Å². The minimum atomic E-state index is -0.648. The molecule has 3 heterocycles. The maximum Gasteiger partial charge on any atom is 0.253 e. The number of hydrogen-bond acceptors (Lipinski definition) is 4. The Hall–Kier alpha value is -2.93. The van der Waals surface area contributed by atoms with E-state index in [1.165, 1.54) is 0 Å². The van der Waals surface area contributed by atoms with E-state index in [-0.39, 0.29) is 18.0 Å². The van der Waals surface area contributed by atoms with E-state index in [0.29, 0.717) is 42.7 Å². The first kappa shape index (κ1) is 25.7. The van der Waals surface area contributed by atoms with Crippen LogP contribution >= 0.6 is 0 Å². The number of carbonyl (C=O) groups is 1. The van der Waals surface area contributed by atoms with Crippen LogP contribution < -0.4 is 15.8 Å². The Labute approximate surface area is 218 Å². The quantitative estimate of drug-likeness (QED) is 0.602. The van der Waals surface area contributed by atoms with Crippen LogP contribution in [0, 0.1) is 6.92 Å². The molecule has 37 heavy (non-hydrogen) atoms. The van der Waals surface area contributed by atoms with Crippen LogP contribution in [0.1, 0.15) is 71.8 Å². The Morgan fingerprint density at radius 1 is 1.08 bits per heavy atom. The van der Waals surface area contributed by atoms with Crippen molar-refractivity contribution in [1.29, 1.82) is 0 Å². The topological polar surface area (TPSA) is 68.4 Å². The van der Waals surface area contributed by atoms with Crippen molar-refractivity contribution in [2.75, 3.05) is 24.5 Å². The summed E-state index contributed by atoms with van der Waals surface area (Å²) in [6.07, 6.45) is 10.3. The minimum absolute atomic E-state index is 0.127. The molecule has 3 aliphatic rings. The lowest BCUT2D eigenvalue weighted by atomic mass is 9.87. The summed E-state index contributed by atoms with van der Waals surface area (Å²) in [5.41, 5.74) is 5.19. The molecule has 1 saturated heterocycles. The third-order valence-electron chi connectivity index (χ3n) is 8.39. The predicted molar refractivity (Wildman–Crippen MR) is 146 cm³/mol. The van der Waals surface area contributed by atoms with Gasteiger partial charge >= 0.3 is 0 Å². The zero-order valence-electron chi connectivity index (χ0n) is 22.1. The van der Waals surface area contributed by atoms with Gasteiger partial charge in [0, 0.05) is 60.8 Å². The van der Waals surface area contributed by atoms with Crippen LogP contribution in [-0.2, 0) is 19.4 Å². The van der Waals surface area contributed by atoms with Crippen molar-refractivity contribution in [3.8, 4) is 0 Å². The van der Waals surface area contributed by atoms with E-state index in [1.54, 1.807) is 0 Å². The number of amides is 1. The highest BCUT2D eigenvalue weighted by Gasteiger charge is 2.36. The molecular weight excluding hydrogens is 467 g/mol. The van der Waals surface area contributed by atoms with Gasteiger partial charge < -0.3 is 15.2 Å². The summed E-state index contributed by atoms with van der Waals surface area (Å²) in [4.78, 5) is 33.7. The van der Waals surface area contributed by atoms with E-state index in [2.05, 4.69) is 45.2 Å². The molecule has 0 bridgehead atoms. The monoisotopic (exact) mass is 506 g/mol. The number of carbonyl (C=O) groups excluding carboxylic acids is 1. The second kappa shape index (κ2) is 11.2. The fraction of sp³-hybridized carbons (Fsp3) is 0.533. The normalized spacial score (nSPS) is 24.0. The number of rotatable bonds is 4. The molecule has 0 spiro atoms. The van der Waals surface area contributed by atoms with E-state index >= 15 is 0 Å². The second-order valence-corrected chi connectivity index (χ2v) is 10.8. The summed E-state index contributed by atoms with van der Waals surface area (Å²) in [5, 5.41) is 3.03. The molecule has 1 aromatic heterocycles. The number of H-pyrrole nitrogens is 1. The summed E-state index contributed by atoms with van der Waals surface area (Å²) in [5.74, 6) is -0.143. The number of likely N-dealkylation sites (tertiary alicyclic amines) is 1. The van der Waals surface area contributed by atoms with E-state index in [0.717, 1.165) is 67.6 Å². The molecule has 1 aliphatic carbocycles. The molecule has 0 unspecified atom stereocenters. The van der Waals surface area contributed by atoms with Gasteiger partial charge in [0.25, 0.3) is 11.5 Å². The lowest BCUT2D eigenvalue weighted by Crippen LogP contribution is -2.55. The van der Waals surface area contributed by atoms with Crippen molar-refractivity contribution in [3.05, 3.63) is 74.7 Å². The molecule has 198 valence electrons. The summed E-state index contributed by atoms with van der Waals surface area (Å²) >= 11 is 0. The van der Waals surface area contributed by atoms with Gasteiger partial charge in [0.2, 0.25) is 0 Å². The minimum Gasteiger partial charge on any atom is -0.369 e. The van der Waals surface area contributed by atoms with Crippen LogP contribution in [0.5, 0.6) is 0 Å². The van der Waals surface area contributed by atoms with Crippen molar-refractivity contribution in [3.63, 3.8) is 0 Å². The number of hydrogen-bond donors (Lipinski definition) is 2. The molecule has 2 N–H and O–H groups in total. The average molecular weight is 507 g/mol. The number of fused-ring (bicyclic) bond motifs is 2. The average Bonchev–Trinajstić information content (AvgIpc) is 2.86. The van der Waals surface area contributed by atoms with E-state index < -0.39 is 6.17 Å². The van der Waals surface area contributed by atoms with Gasteiger partial charge in [0.05, 0.1) is 0 Å². The van der Waals surface area contributed by atoms with Crippen LogP contribution in [0.15, 0.2) is 41.2 Å². The number of alkyl halides is 1. The Bertz CT molecular complexity index is 1210. The van der Waals surface area contributed by atoms with Crippen LogP contribution in [0.2, 0.25) is 0 Å². The number of nitrogens with one attached hydrogen (secondary N) is 2. The number of pyridine rings is 1.